The lowest BCUT2D eigenvalue weighted by atomic mass is 9.50. The lowest BCUT2D eigenvalue weighted by molar-refractivity contribution is -0.132. The first-order valence-corrected chi connectivity index (χ1v) is 9.37. The molecule has 2 nitrogen and oxygen atoms in total. The third-order valence-electron chi connectivity index (χ3n) is 7.84. The van der Waals surface area contributed by atoms with Crippen LogP contribution in [0.2, 0.25) is 0 Å². The van der Waals surface area contributed by atoms with E-state index in [4.69, 9.17) is 0 Å². The lowest BCUT2D eigenvalue weighted by Crippen LogP contribution is -2.48. The zero-order valence-electron chi connectivity index (χ0n) is 15.0. The van der Waals surface area contributed by atoms with Gasteiger partial charge in [-0.15, -0.1) is 0 Å². The molecule has 4 atom stereocenters. The summed E-state index contributed by atoms with van der Waals surface area (Å²) in [6, 6.07) is 10.8. The second-order valence-electron chi connectivity index (χ2n) is 8.85. The summed E-state index contributed by atoms with van der Waals surface area (Å²) in [5, 5.41) is 9.68. The molecule has 3 aliphatic rings. The Balaban J connectivity index is 1.74. The van der Waals surface area contributed by atoms with Crippen molar-refractivity contribution in [2.75, 3.05) is 0 Å². The number of fused-ring (bicyclic) bond motifs is 1. The van der Waals surface area contributed by atoms with E-state index in [0.717, 1.165) is 31.3 Å². The summed E-state index contributed by atoms with van der Waals surface area (Å²) >= 11 is 0. The van der Waals surface area contributed by atoms with Gasteiger partial charge in [-0.25, -0.2) is 4.79 Å². The number of rotatable bonds is 3. The maximum atomic E-state index is 11.8. The van der Waals surface area contributed by atoms with E-state index < -0.39 is 5.97 Å². The topological polar surface area (TPSA) is 37.3 Å². The lowest BCUT2D eigenvalue weighted by Gasteiger charge is -2.54. The van der Waals surface area contributed by atoms with Crippen molar-refractivity contribution >= 4 is 5.97 Å². The molecule has 2 heteroatoms. The summed E-state index contributed by atoms with van der Waals surface area (Å²) < 4.78 is 0. The van der Waals surface area contributed by atoms with Crippen molar-refractivity contribution in [1.29, 1.82) is 0 Å². The number of carboxylic acids is 1. The van der Waals surface area contributed by atoms with Crippen LogP contribution in [0.4, 0.5) is 0 Å². The molecule has 2 saturated carbocycles. The first kappa shape index (κ1) is 15.9. The van der Waals surface area contributed by atoms with E-state index in [-0.39, 0.29) is 10.8 Å². The van der Waals surface area contributed by atoms with E-state index in [9.17, 15) is 9.90 Å². The van der Waals surface area contributed by atoms with Crippen LogP contribution >= 0.6 is 0 Å². The van der Waals surface area contributed by atoms with Gasteiger partial charge < -0.3 is 5.11 Å². The van der Waals surface area contributed by atoms with E-state index in [1.54, 1.807) is 0 Å². The third-order valence-corrected chi connectivity index (χ3v) is 7.84. The van der Waals surface area contributed by atoms with Crippen molar-refractivity contribution in [3.05, 3.63) is 47.0 Å². The molecule has 1 N–H and O–H groups in total. The number of hydrogen-bond donors (Lipinski definition) is 1. The van der Waals surface area contributed by atoms with Crippen molar-refractivity contribution in [3.63, 3.8) is 0 Å². The molecule has 0 radical (unpaired) electrons. The van der Waals surface area contributed by atoms with E-state index in [1.165, 1.54) is 17.6 Å². The second kappa shape index (κ2) is 5.21. The first-order valence-electron chi connectivity index (χ1n) is 9.37. The summed E-state index contributed by atoms with van der Waals surface area (Å²) in [4.78, 5) is 11.8. The molecule has 2 fully saturated rings. The predicted molar refractivity (Wildman–Crippen MR) is 95.6 cm³/mol. The maximum Gasteiger partial charge on any atom is 0.331 e. The zero-order valence-corrected chi connectivity index (χ0v) is 15.0. The molecule has 1 aromatic carbocycles. The Hall–Kier alpha value is -1.57. The number of allylic oxidation sites excluding steroid dienone is 1. The average molecular weight is 324 g/mol. The smallest absolute Gasteiger partial charge is 0.331 e. The van der Waals surface area contributed by atoms with Crippen LogP contribution in [-0.4, -0.2) is 11.1 Å². The Morgan fingerprint density at radius 2 is 1.96 bits per heavy atom. The van der Waals surface area contributed by atoms with Gasteiger partial charge in [0.05, 0.1) is 0 Å². The molecule has 2 bridgehead atoms. The summed E-state index contributed by atoms with van der Waals surface area (Å²) in [5.74, 6) is 1.18. The minimum atomic E-state index is -0.669. The Morgan fingerprint density at radius 3 is 2.62 bits per heavy atom. The highest BCUT2D eigenvalue weighted by atomic mass is 16.4. The van der Waals surface area contributed by atoms with Gasteiger partial charge in [0.15, 0.2) is 0 Å². The largest absolute Gasteiger partial charge is 0.478 e. The monoisotopic (exact) mass is 324 g/mol. The summed E-state index contributed by atoms with van der Waals surface area (Å²) in [6.07, 6.45) is 5.20. The number of carbonyl (C=O) groups is 1. The molecular formula is C22H28O2. The van der Waals surface area contributed by atoms with E-state index in [1.807, 2.05) is 0 Å². The van der Waals surface area contributed by atoms with Crippen LogP contribution in [-0.2, 0) is 11.2 Å². The summed E-state index contributed by atoms with van der Waals surface area (Å²) in [6.45, 7) is 7.22. The average Bonchev–Trinajstić information content (AvgIpc) is 2.98. The Labute approximate surface area is 145 Å². The quantitative estimate of drug-likeness (QED) is 0.840. The normalized spacial score (nSPS) is 36.7. The molecule has 1 aromatic rings. The van der Waals surface area contributed by atoms with Gasteiger partial charge in [-0.2, -0.15) is 0 Å². The predicted octanol–water partition coefficient (Wildman–Crippen LogP) is 5.09. The van der Waals surface area contributed by atoms with Crippen molar-refractivity contribution in [2.45, 2.75) is 52.9 Å². The molecule has 0 aliphatic heterocycles. The van der Waals surface area contributed by atoms with Crippen molar-refractivity contribution < 1.29 is 9.90 Å². The standard InChI is InChI=1S/C22H28O2/c1-14-11-16(12-15-7-5-4-6-8-15)18-13-19-17(20(23)24)9-10-22(14,19)21(18,2)3/h4-8,14,16,18H,9-13H2,1-3H3,(H,23,24). The highest BCUT2D eigenvalue weighted by Gasteiger charge is 2.66. The van der Waals surface area contributed by atoms with Crippen LogP contribution in [0.15, 0.2) is 41.5 Å². The van der Waals surface area contributed by atoms with E-state index in [2.05, 4.69) is 51.1 Å². The zero-order chi connectivity index (χ0) is 17.1. The molecule has 4 unspecified atom stereocenters. The van der Waals surface area contributed by atoms with Crippen molar-refractivity contribution in [3.8, 4) is 0 Å². The van der Waals surface area contributed by atoms with Gasteiger partial charge >= 0.3 is 5.97 Å². The number of benzene rings is 1. The molecular weight excluding hydrogens is 296 g/mol. The van der Waals surface area contributed by atoms with Gasteiger partial charge in [-0.3, -0.25) is 0 Å². The molecule has 1 spiro atoms. The van der Waals surface area contributed by atoms with Crippen molar-refractivity contribution in [2.24, 2.45) is 28.6 Å². The summed E-state index contributed by atoms with van der Waals surface area (Å²) in [5.41, 5.74) is 3.83. The fourth-order valence-electron chi connectivity index (χ4n) is 6.85. The van der Waals surface area contributed by atoms with E-state index in [0.29, 0.717) is 17.8 Å². The highest BCUT2D eigenvalue weighted by Crippen LogP contribution is 2.74. The van der Waals surface area contributed by atoms with Gasteiger partial charge in [0.2, 0.25) is 0 Å². The Kier molecular flexibility index (Phi) is 3.46. The Morgan fingerprint density at radius 1 is 1.25 bits per heavy atom. The summed E-state index contributed by atoms with van der Waals surface area (Å²) in [7, 11) is 0. The van der Waals surface area contributed by atoms with Crippen LogP contribution in [0.25, 0.3) is 0 Å². The number of carboxylic acid groups (broad SMARTS) is 1. The molecule has 0 aromatic heterocycles. The van der Waals surface area contributed by atoms with Crippen LogP contribution in [0.5, 0.6) is 0 Å². The fraction of sp³-hybridized carbons (Fsp3) is 0.591. The van der Waals surface area contributed by atoms with Gasteiger partial charge in [0.1, 0.15) is 0 Å². The maximum absolute atomic E-state index is 11.8. The van der Waals surface area contributed by atoms with Crippen LogP contribution in [0.1, 0.15) is 52.0 Å². The van der Waals surface area contributed by atoms with Crippen molar-refractivity contribution in [1.82, 2.24) is 0 Å². The van der Waals surface area contributed by atoms with E-state index >= 15 is 0 Å². The molecule has 3 aliphatic carbocycles. The van der Waals surface area contributed by atoms with Crippen LogP contribution in [0, 0.1) is 28.6 Å². The minimum absolute atomic E-state index is 0.137. The second-order valence-corrected chi connectivity index (χ2v) is 8.85. The van der Waals surface area contributed by atoms with Gasteiger partial charge in [0.25, 0.3) is 0 Å². The van der Waals surface area contributed by atoms with Gasteiger partial charge in [-0.05, 0) is 60.8 Å². The minimum Gasteiger partial charge on any atom is -0.478 e. The Bertz CT molecular complexity index is 700. The SMILES string of the molecule is CC1CC(Cc2ccccc2)C2CC3=C(C(=O)O)CCC31C2(C)C. The van der Waals surface area contributed by atoms with Crippen LogP contribution in [0.3, 0.4) is 0 Å². The van der Waals surface area contributed by atoms with Crippen LogP contribution < -0.4 is 0 Å². The number of hydrogen-bond acceptors (Lipinski definition) is 1. The van der Waals surface area contributed by atoms with Gasteiger partial charge in [0, 0.05) is 11.0 Å². The molecule has 24 heavy (non-hydrogen) atoms. The molecule has 0 saturated heterocycles. The fourth-order valence-corrected chi connectivity index (χ4v) is 6.85. The molecule has 0 heterocycles. The van der Waals surface area contributed by atoms with Gasteiger partial charge in [-0.1, -0.05) is 56.7 Å². The molecule has 128 valence electrons. The molecule has 0 amide bonds. The number of aliphatic carboxylic acids is 1. The highest BCUT2D eigenvalue weighted by molar-refractivity contribution is 5.89. The third kappa shape index (κ3) is 1.92. The first-order chi connectivity index (χ1) is 11.4. The molecule has 4 rings (SSSR count).